The molecule has 0 unspecified atom stereocenters. The van der Waals surface area contributed by atoms with E-state index < -0.39 is 15.9 Å². The highest BCUT2D eigenvalue weighted by Gasteiger charge is 2.28. The standard InChI is InChI=1S/C27H22BrN3O3S/c28-23-17-15-21(16-18-23)19-29-30-27(32)25-13-7-8-14-26(25)31(20-22-9-3-1-4-10-22)35(33,34)24-11-5-2-6-12-24/h1-19H,20H2,(H,30,32)/b29-19+. The third-order valence-electron chi connectivity index (χ3n) is 5.17. The number of hydrazone groups is 1. The first kappa shape index (κ1) is 24.4. The number of anilines is 1. The lowest BCUT2D eigenvalue weighted by Gasteiger charge is -2.26. The van der Waals surface area contributed by atoms with E-state index in [0.29, 0.717) is 0 Å². The van der Waals surface area contributed by atoms with Crippen LogP contribution < -0.4 is 9.73 Å². The average Bonchev–Trinajstić information content (AvgIpc) is 2.89. The van der Waals surface area contributed by atoms with E-state index >= 15 is 0 Å². The number of hydrogen-bond donors (Lipinski definition) is 1. The summed E-state index contributed by atoms with van der Waals surface area (Å²) < 4.78 is 29.6. The lowest BCUT2D eigenvalue weighted by Crippen LogP contribution is -2.33. The van der Waals surface area contributed by atoms with Crippen molar-refractivity contribution in [2.45, 2.75) is 11.4 Å². The summed E-state index contributed by atoms with van der Waals surface area (Å²) in [5.41, 5.74) is 4.55. The third kappa shape index (κ3) is 6.03. The highest BCUT2D eigenvalue weighted by Crippen LogP contribution is 2.29. The number of rotatable bonds is 8. The Kier molecular flexibility index (Phi) is 7.74. The normalized spacial score (nSPS) is 11.3. The van der Waals surface area contributed by atoms with Crippen LogP contribution in [0.4, 0.5) is 5.69 Å². The van der Waals surface area contributed by atoms with E-state index in [0.717, 1.165) is 15.6 Å². The molecule has 0 aliphatic rings. The van der Waals surface area contributed by atoms with Gasteiger partial charge in [-0.25, -0.2) is 13.8 Å². The zero-order chi connectivity index (χ0) is 24.7. The van der Waals surface area contributed by atoms with Crippen LogP contribution in [0.5, 0.6) is 0 Å². The summed E-state index contributed by atoms with van der Waals surface area (Å²) in [6, 6.07) is 31.5. The Hall–Kier alpha value is -3.75. The molecule has 176 valence electrons. The maximum atomic E-state index is 13.7. The topological polar surface area (TPSA) is 78.8 Å². The van der Waals surface area contributed by atoms with Crippen molar-refractivity contribution < 1.29 is 13.2 Å². The van der Waals surface area contributed by atoms with Gasteiger partial charge in [0.2, 0.25) is 0 Å². The van der Waals surface area contributed by atoms with Gasteiger partial charge in [0.05, 0.1) is 28.9 Å². The van der Waals surface area contributed by atoms with Crippen molar-refractivity contribution in [3.8, 4) is 0 Å². The number of nitrogens with one attached hydrogen (secondary N) is 1. The van der Waals surface area contributed by atoms with E-state index in [1.807, 2.05) is 54.6 Å². The number of amides is 1. The summed E-state index contributed by atoms with van der Waals surface area (Å²) in [5, 5.41) is 4.04. The lowest BCUT2D eigenvalue weighted by molar-refractivity contribution is 0.0956. The number of nitrogens with zero attached hydrogens (tertiary/aromatic N) is 2. The Morgan fingerprint density at radius 2 is 1.43 bits per heavy atom. The summed E-state index contributed by atoms with van der Waals surface area (Å²) >= 11 is 3.38. The number of carbonyl (C=O) groups excluding carboxylic acids is 1. The van der Waals surface area contributed by atoms with Crippen molar-refractivity contribution in [3.05, 3.63) is 130 Å². The predicted octanol–water partition coefficient (Wildman–Crippen LogP) is 5.61. The van der Waals surface area contributed by atoms with Crippen LogP contribution >= 0.6 is 15.9 Å². The molecule has 0 fully saturated rings. The molecule has 0 saturated heterocycles. The van der Waals surface area contributed by atoms with E-state index in [1.165, 1.54) is 10.5 Å². The van der Waals surface area contributed by atoms with Gasteiger partial charge in [-0.1, -0.05) is 88.7 Å². The Morgan fingerprint density at radius 1 is 0.829 bits per heavy atom. The average molecular weight is 548 g/mol. The molecule has 4 aromatic rings. The molecule has 0 aliphatic carbocycles. The van der Waals surface area contributed by atoms with E-state index in [-0.39, 0.29) is 22.7 Å². The van der Waals surface area contributed by atoms with Gasteiger partial charge >= 0.3 is 0 Å². The van der Waals surface area contributed by atoms with Crippen molar-refractivity contribution in [1.82, 2.24) is 5.43 Å². The summed E-state index contributed by atoms with van der Waals surface area (Å²) in [6.07, 6.45) is 1.52. The molecule has 0 saturated carbocycles. The second kappa shape index (κ2) is 11.1. The molecule has 4 rings (SSSR count). The van der Waals surface area contributed by atoms with E-state index in [4.69, 9.17) is 0 Å². The summed E-state index contributed by atoms with van der Waals surface area (Å²) in [7, 11) is -3.97. The van der Waals surface area contributed by atoms with Crippen LogP contribution in [0.3, 0.4) is 0 Å². The number of sulfonamides is 1. The maximum absolute atomic E-state index is 13.7. The van der Waals surface area contributed by atoms with Gasteiger partial charge in [-0.05, 0) is 47.5 Å². The zero-order valence-corrected chi connectivity index (χ0v) is 21.0. The molecule has 1 amide bonds. The van der Waals surface area contributed by atoms with Crippen LogP contribution in [0, 0.1) is 0 Å². The smallest absolute Gasteiger partial charge is 0.267 e. The Labute approximate surface area is 213 Å². The molecular weight excluding hydrogens is 526 g/mol. The number of carbonyl (C=O) groups is 1. The molecule has 0 aliphatic heterocycles. The Balaban J connectivity index is 1.69. The van der Waals surface area contributed by atoms with E-state index in [1.54, 1.807) is 54.6 Å². The fourth-order valence-corrected chi connectivity index (χ4v) is 5.18. The molecule has 0 radical (unpaired) electrons. The largest absolute Gasteiger partial charge is 0.273 e. The van der Waals surface area contributed by atoms with Gasteiger partial charge in [0.25, 0.3) is 15.9 Å². The van der Waals surface area contributed by atoms with Crippen molar-refractivity contribution in [2.24, 2.45) is 5.10 Å². The number of halogens is 1. The molecule has 1 N–H and O–H groups in total. The van der Waals surface area contributed by atoms with Crippen LogP contribution in [0.15, 0.2) is 124 Å². The van der Waals surface area contributed by atoms with E-state index in [9.17, 15) is 13.2 Å². The van der Waals surface area contributed by atoms with Crippen LogP contribution in [-0.4, -0.2) is 20.5 Å². The fraction of sp³-hybridized carbons (Fsp3) is 0.0370. The maximum Gasteiger partial charge on any atom is 0.273 e. The monoisotopic (exact) mass is 547 g/mol. The summed E-state index contributed by atoms with van der Waals surface area (Å²) in [4.78, 5) is 13.2. The minimum absolute atomic E-state index is 0.0600. The van der Waals surface area contributed by atoms with Crippen LogP contribution in [0.25, 0.3) is 0 Å². The molecule has 4 aromatic carbocycles. The highest BCUT2D eigenvalue weighted by molar-refractivity contribution is 9.10. The van der Waals surface area contributed by atoms with Gasteiger partial charge in [-0.15, -0.1) is 0 Å². The Bertz CT molecular complexity index is 1430. The van der Waals surface area contributed by atoms with Crippen molar-refractivity contribution >= 4 is 43.8 Å². The fourth-order valence-electron chi connectivity index (χ4n) is 3.43. The van der Waals surface area contributed by atoms with E-state index in [2.05, 4.69) is 26.5 Å². The first-order valence-electron chi connectivity index (χ1n) is 10.7. The predicted molar refractivity (Wildman–Crippen MR) is 142 cm³/mol. The minimum Gasteiger partial charge on any atom is -0.267 e. The number of para-hydroxylation sites is 1. The quantitative estimate of drug-likeness (QED) is 0.230. The van der Waals surface area contributed by atoms with Gasteiger partial charge in [0, 0.05) is 4.47 Å². The van der Waals surface area contributed by atoms with Gasteiger partial charge in [0.15, 0.2) is 0 Å². The van der Waals surface area contributed by atoms with Crippen LogP contribution in [0.1, 0.15) is 21.5 Å². The first-order valence-corrected chi connectivity index (χ1v) is 13.0. The molecule has 8 heteroatoms. The molecule has 0 aromatic heterocycles. The molecular formula is C27H22BrN3O3S. The minimum atomic E-state index is -3.97. The second-order valence-corrected chi connectivity index (χ2v) is 10.4. The second-order valence-electron chi connectivity index (χ2n) is 7.58. The van der Waals surface area contributed by atoms with Gasteiger partial charge in [-0.2, -0.15) is 5.10 Å². The molecule has 35 heavy (non-hydrogen) atoms. The molecule has 0 heterocycles. The highest BCUT2D eigenvalue weighted by atomic mass is 79.9. The third-order valence-corrected chi connectivity index (χ3v) is 7.47. The summed E-state index contributed by atoms with van der Waals surface area (Å²) in [6.45, 7) is 0.0600. The number of hydrogen-bond acceptors (Lipinski definition) is 4. The molecule has 0 spiro atoms. The van der Waals surface area contributed by atoms with Crippen molar-refractivity contribution in [1.29, 1.82) is 0 Å². The first-order chi connectivity index (χ1) is 16.9. The van der Waals surface area contributed by atoms with Crippen LogP contribution in [0.2, 0.25) is 0 Å². The SMILES string of the molecule is O=C(N/N=C/c1ccc(Br)cc1)c1ccccc1N(Cc1ccccc1)S(=O)(=O)c1ccccc1. The zero-order valence-electron chi connectivity index (χ0n) is 18.6. The number of benzene rings is 4. The van der Waals surface area contributed by atoms with Crippen LogP contribution in [-0.2, 0) is 16.6 Å². The van der Waals surface area contributed by atoms with Gasteiger partial charge < -0.3 is 0 Å². The van der Waals surface area contributed by atoms with Gasteiger partial charge in [-0.3, -0.25) is 9.10 Å². The molecule has 0 atom stereocenters. The summed E-state index contributed by atoms with van der Waals surface area (Å²) in [5.74, 6) is -0.518. The van der Waals surface area contributed by atoms with Crippen molar-refractivity contribution in [2.75, 3.05) is 4.31 Å². The van der Waals surface area contributed by atoms with Gasteiger partial charge in [0.1, 0.15) is 0 Å². The molecule has 6 nitrogen and oxygen atoms in total. The Morgan fingerprint density at radius 3 is 2.11 bits per heavy atom. The molecule has 0 bridgehead atoms. The van der Waals surface area contributed by atoms with Crippen molar-refractivity contribution in [3.63, 3.8) is 0 Å². The lowest BCUT2D eigenvalue weighted by atomic mass is 10.1.